The predicted molar refractivity (Wildman–Crippen MR) is 64.1 cm³/mol. The molecule has 0 aliphatic carbocycles. The van der Waals surface area contributed by atoms with Crippen molar-refractivity contribution in [2.24, 2.45) is 0 Å². The Morgan fingerprint density at radius 3 is 2.65 bits per heavy atom. The Morgan fingerprint density at radius 2 is 2.06 bits per heavy atom. The maximum atomic E-state index is 11.9. The summed E-state index contributed by atoms with van der Waals surface area (Å²) in [5.41, 5.74) is -0.288. The zero-order valence-corrected chi connectivity index (χ0v) is 10.8. The number of carbonyl (C=O) groups excluding carboxylic acids is 1. The fourth-order valence-corrected chi connectivity index (χ4v) is 2.61. The van der Waals surface area contributed by atoms with Crippen LogP contribution >= 0.6 is 0 Å². The second-order valence-corrected chi connectivity index (χ2v) is 6.08. The van der Waals surface area contributed by atoms with E-state index in [1.54, 1.807) is 0 Å². The quantitative estimate of drug-likeness (QED) is 0.831. The molecular formula is C12H14O4S. The number of phenols is 1. The van der Waals surface area contributed by atoms with Crippen LogP contribution in [0.3, 0.4) is 0 Å². The normalized spacial score (nSPS) is 19.4. The number of hydrogen-bond donors (Lipinski definition) is 1. The molecule has 1 atom stereocenters. The Bertz CT molecular complexity index is 502. The molecule has 0 aromatic heterocycles. The number of benzene rings is 1. The first-order valence-corrected chi connectivity index (χ1v) is 6.78. The molecular weight excluding hydrogens is 240 g/mol. The number of hydrogen-bond acceptors (Lipinski definition) is 4. The predicted octanol–water partition coefficient (Wildman–Crippen LogP) is 1.87. The summed E-state index contributed by atoms with van der Waals surface area (Å²) in [6.07, 6.45) is 1.74. The van der Waals surface area contributed by atoms with E-state index in [0.717, 1.165) is 0 Å². The number of fused-ring (bicyclic) bond motifs is 1. The maximum Gasteiger partial charge on any atom is 0.170 e. The Hall–Kier alpha value is -1.36. The van der Waals surface area contributed by atoms with Crippen molar-refractivity contribution in [2.75, 3.05) is 6.26 Å². The maximum absolute atomic E-state index is 11.9. The first kappa shape index (κ1) is 12.1. The Balaban J connectivity index is 2.67. The summed E-state index contributed by atoms with van der Waals surface area (Å²) in [6, 6.07) is 2.74. The van der Waals surface area contributed by atoms with Gasteiger partial charge in [0.15, 0.2) is 5.78 Å². The van der Waals surface area contributed by atoms with Gasteiger partial charge in [-0.15, -0.1) is 0 Å². The molecule has 1 aromatic carbocycles. The molecule has 2 rings (SSSR count). The molecule has 0 fully saturated rings. The molecule has 1 aliphatic rings. The summed E-state index contributed by atoms with van der Waals surface area (Å²) in [5.74, 6) is 0.175. The van der Waals surface area contributed by atoms with Gasteiger partial charge in [0.05, 0.1) is 27.7 Å². The molecule has 17 heavy (non-hydrogen) atoms. The standard InChI is InChI=1S/C12H14O4S/c1-12(2)6-9(14)8-4-7(13)5-10(17(3)15)11(8)16-12/h4-5,13H,6H2,1-3H3/t17-/m0/s1. The number of aromatic hydroxyl groups is 1. The fraction of sp³-hybridized carbons (Fsp3) is 0.417. The largest absolute Gasteiger partial charge is 0.508 e. The molecule has 0 amide bonds. The molecule has 0 radical (unpaired) electrons. The van der Waals surface area contributed by atoms with Gasteiger partial charge in [0, 0.05) is 6.26 Å². The molecule has 0 spiro atoms. The van der Waals surface area contributed by atoms with Crippen LogP contribution in [-0.2, 0) is 10.8 Å². The zero-order chi connectivity index (χ0) is 12.8. The van der Waals surface area contributed by atoms with Crippen molar-refractivity contribution in [3.63, 3.8) is 0 Å². The summed E-state index contributed by atoms with van der Waals surface area (Å²) < 4.78 is 17.3. The molecule has 1 N–H and O–H groups in total. The van der Waals surface area contributed by atoms with E-state index in [-0.39, 0.29) is 18.0 Å². The lowest BCUT2D eigenvalue weighted by molar-refractivity contribution is 0.0600. The number of rotatable bonds is 1. The molecule has 1 aromatic rings. The van der Waals surface area contributed by atoms with Crippen molar-refractivity contribution >= 4 is 16.6 Å². The second kappa shape index (κ2) is 3.84. The number of ether oxygens (including phenoxy) is 1. The minimum atomic E-state index is -1.31. The molecule has 0 saturated carbocycles. The van der Waals surface area contributed by atoms with Crippen molar-refractivity contribution in [3.8, 4) is 11.5 Å². The van der Waals surface area contributed by atoms with Crippen LogP contribution in [0.15, 0.2) is 17.0 Å². The number of Topliss-reactive ketones (excluding diaryl/α,β-unsaturated/α-hetero) is 1. The van der Waals surface area contributed by atoms with Crippen LogP contribution in [0, 0.1) is 0 Å². The smallest absolute Gasteiger partial charge is 0.170 e. The molecule has 5 heteroatoms. The van der Waals surface area contributed by atoms with Crippen LogP contribution in [0.4, 0.5) is 0 Å². The van der Waals surface area contributed by atoms with Crippen molar-refractivity contribution in [1.82, 2.24) is 0 Å². The highest BCUT2D eigenvalue weighted by atomic mass is 32.2. The van der Waals surface area contributed by atoms with E-state index < -0.39 is 16.4 Å². The number of ketones is 1. The van der Waals surface area contributed by atoms with Gasteiger partial charge < -0.3 is 9.84 Å². The van der Waals surface area contributed by atoms with Gasteiger partial charge in [-0.05, 0) is 26.0 Å². The van der Waals surface area contributed by atoms with Gasteiger partial charge in [-0.25, -0.2) is 0 Å². The lowest BCUT2D eigenvalue weighted by Gasteiger charge is -2.32. The van der Waals surface area contributed by atoms with Crippen molar-refractivity contribution < 1.29 is 18.8 Å². The van der Waals surface area contributed by atoms with Gasteiger partial charge in [0.1, 0.15) is 17.1 Å². The lowest BCUT2D eigenvalue weighted by atomic mass is 9.93. The van der Waals surface area contributed by atoms with Crippen molar-refractivity contribution in [1.29, 1.82) is 0 Å². The van der Waals surface area contributed by atoms with Crippen molar-refractivity contribution in [2.45, 2.75) is 30.8 Å². The van der Waals surface area contributed by atoms with E-state index in [2.05, 4.69) is 0 Å². The van der Waals surface area contributed by atoms with E-state index in [1.807, 2.05) is 13.8 Å². The van der Waals surface area contributed by atoms with Gasteiger partial charge in [-0.1, -0.05) is 0 Å². The molecule has 92 valence electrons. The third-order valence-corrected chi connectivity index (χ3v) is 3.54. The minimum absolute atomic E-state index is 0.0643. The van der Waals surface area contributed by atoms with Gasteiger partial charge in [-0.2, -0.15) is 0 Å². The van der Waals surface area contributed by atoms with Crippen LogP contribution < -0.4 is 4.74 Å². The first-order chi connectivity index (χ1) is 7.80. The highest BCUT2D eigenvalue weighted by Gasteiger charge is 2.35. The van der Waals surface area contributed by atoms with Gasteiger partial charge in [-0.3, -0.25) is 9.00 Å². The SMILES string of the molecule is C[S@](=O)c1cc(O)cc2c1OC(C)(C)CC2=O. The first-order valence-electron chi connectivity index (χ1n) is 5.23. The molecule has 0 saturated heterocycles. The van der Waals surface area contributed by atoms with Crippen molar-refractivity contribution in [3.05, 3.63) is 17.7 Å². The van der Waals surface area contributed by atoms with Crippen LogP contribution in [-0.4, -0.2) is 27.0 Å². The summed E-state index contributed by atoms with van der Waals surface area (Å²) in [6.45, 7) is 3.62. The second-order valence-electron chi connectivity index (χ2n) is 4.74. The lowest BCUT2D eigenvalue weighted by Crippen LogP contribution is -2.36. The molecule has 0 bridgehead atoms. The molecule has 4 nitrogen and oxygen atoms in total. The Labute approximate surface area is 102 Å². The Kier molecular flexibility index (Phi) is 2.73. The van der Waals surface area contributed by atoms with Gasteiger partial charge in [0.2, 0.25) is 0 Å². The minimum Gasteiger partial charge on any atom is -0.508 e. The Morgan fingerprint density at radius 1 is 1.41 bits per heavy atom. The highest BCUT2D eigenvalue weighted by molar-refractivity contribution is 7.84. The summed E-state index contributed by atoms with van der Waals surface area (Å²) in [5, 5.41) is 9.52. The van der Waals surface area contributed by atoms with Gasteiger partial charge in [0.25, 0.3) is 0 Å². The highest BCUT2D eigenvalue weighted by Crippen LogP contribution is 2.39. The average Bonchev–Trinajstić information content (AvgIpc) is 2.17. The topological polar surface area (TPSA) is 63.6 Å². The summed E-state index contributed by atoms with van der Waals surface area (Å²) in [4.78, 5) is 12.3. The molecule has 1 heterocycles. The monoisotopic (exact) mass is 254 g/mol. The summed E-state index contributed by atoms with van der Waals surface area (Å²) >= 11 is 0. The van der Waals surface area contributed by atoms with Gasteiger partial charge >= 0.3 is 0 Å². The van der Waals surface area contributed by atoms with Crippen LogP contribution in [0.2, 0.25) is 0 Å². The third kappa shape index (κ3) is 2.20. The number of phenolic OH excluding ortho intramolecular Hbond substituents is 1. The van der Waals surface area contributed by atoms with Crippen LogP contribution in [0.1, 0.15) is 30.6 Å². The fourth-order valence-electron chi connectivity index (χ4n) is 1.91. The summed E-state index contributed by atoms with van der Waals surface area (Å²) in [7, 11) is -1.31. The molecule has 0 unspecified atom stereocenters. The van der Waals surface area contributed by atoms with Crippen LogP contribution in [0.5, 0.6) is 11.5 Å². The zero-order valence-electron chi connectivity index (χ0n) is 9.94. The van der Waals surface area contributed by atoms with E-state index in [4.69, 9.17) is 4.74 Å². The average molecular weight is 254 g/mol. The van der Waals surface area contributed by atoms with E-state index in [0.29, 0.717) is 16.2 Å². The van der Waals surface area contributed by atoms with Crippen LogP contribution in [0.25, 0.3) is 0 Å². The van der Waals surface area contributed by atoms with E-state index >= 15 is 0 Å². The van der Waals surface area contributed by atoms with E-state index in [1.165, 1.54) is 18.4 Å². The molecule has 1 aliphatic heterocycles. The third-order valence-electron chi connectivity index (χ3n) is 2.61. The number of carbonyl (C=O) groups is 1. The van der Waals surface area contributed by atoms with E-state index in [9.17, 15) is 14.1 Å².